The Labute approximate surface area is 65.8 Å². The minimum Gasteiger partial charge on any atom is -0.251 e. The average molecular weight is 168 g/mol. The molecule has 0 fully saturated rings. The molecule has 0 bridgehead atoms. The molecule has 0 saturated carbocycles. The predicted molar refractivity (Wildman–Crippen MR) is 39.6 cm³/mol. The average Bonchev–Trinajstić information content (AvgIpc) is 1.55. The third kappa shape index (κ3) is 6.20. The maximum absolute atomic E-state index is 12.7. The Hall–Kier alpha value is -0.210. The zero-order chi connectivity index (χ0) is 9.12. The van der Waals surface area contributed by atoms with Gasteiger partial charge in [0.05, 0.1) is 6.67 Å². The molecular weight excluding hydrogens is 153 g/mol. The summed E-state index contributed by atoms with van der Waals surface area (Å²) >= 11 is 0. The van der Waals surface area contributed by atoms with Gasteiger partial charge in [0.15, 0.2) is 0 Å². The number of rotatable bonds is 3. The Balaban J connectivity index is 3.91. The summed E-state index contributed by atoms with van der Waals surface area (Å²) in [5.74, 6) is -2.84. The van der Waals surface area contributed by atoms with Gasteiger partial charge in [-0.25, -0.2) is 8.78 Å². The summed E-state index contributed by atoms with van der Waals surface area (Å²) in [6, 6.07) is 0. The zero-order valence-corrected chi connectivity index (χ0v) is 7.26. The van der Waals surface area contributed by atoms with Gasteiger partial charge in [0.1, 0.15) is 0 Å². The van der Waals surface area contributed by atoms with Crippen molar-refractivity contribution in [1.29, 1.82) is 0 Å². The van der Waals surface area contributed by atoms with Crippen LogP contribution in [0.1, 0.15) is 33.6 Å². The fourth-order valence-electron chi connectivity index (χ4n) is 1.00. The van der Waals surface area contributed by atoms with E-state index in [4.69, 9.17) is 0 Å². The van der Waals surface area contributed by atoms with Crippen molar-refractivity contribution in [2.45, 2.75) is 39.5 Å². The molecule has 0 atom stereocenters. The maximum Gasteiger partial charge on any atom is 0.251 e. The molecule has 0 unspecified atom stereocenters. The van der Waals surface area contributed by atoms with Gasteiger partial charge < -0.3 is 0 Å². The number of alkyl halides is 3. The first-order valence-electron chi connectivity index (χ1n) is 3.71. The molecule has 0 rings (SSSR count). The van der Waals surface area contributed by atoms with E-state index in [2.05, 4.69) is 0 Å². The van der Waals surface area contributed by atoms with E-state index in [0.717, 1.165) is 0 Å². The summed E-state index contributed by atoms with van der Waals surface area (Å²) in [5.41, 5.74) is -0.432. The second kappa shape index (κ2) is 3.46. The minimum atomic E-state index is -2.84. The number of halogens is 3. The third-order valence-corrected chi connectivity index (χ3v) is 1.25. The molecule has 0 saturated heterocycles. The van der Waals surface area contributed by atoms with Crippen LogP contribution in [0.5, 0.6) is 0 Å². The lowest BCUT2D eigenvalue weighted by Gasteiger charge is -2.24. The highest BCUT2D eigenvalue weighted by atomic mass is 19.3. The van der Waals surface area contributed by atoms with Gasteiger partial charge in [-0.15, -0.1) is 0 Å². The summed E-state index contributed by atoms with van der Waals surface area (Å²) in [4.78, 5) is 0. The highest BCUT2D eigenvalue weighted by molar-refractivity contribution is 4.74. The van der Waals surface area contributed by atoms with Crippen LogP contribution in [0.25, 0.3) is 0 Å². The van der Waals surface area contributed by atoms with E-state index in [-0.39, 0.29) is 6.42 Å². The molecule has 11 heavy (non-hydrogen) atoms. The van der Waals surface area contributed by atoms with Crippen molar-refractivity contribution >= 4 is 0 Å². The van der Waals surface area contributed by atoms with Crippen LogP contribution in [0, 0.1) is 5.41 Å². The van der Waals surface area contributed by atoms with E-state index < -0.39 is 24.4 Å². The summed E-state index contributed by atoms with van der Waals surface area (Å²) in [6.45, 7) is 4.22. The van der Waals surface area contributed by atoms with Crippen LogP contribution < -0.4 is 0 Å². The van der Waals surface area contributed by atoms with Crippen molar-refractivity contribution < 1.29 is 13.2 Å². The van der Waals surface area contributed by atoms with Gasteiger partial charge in [-0.05, 0) is 5.41 Å². The van der Waals surface area contributed by atoms with Crippen LogP contribution in [-0.4, -0.2) is 12.6 Å². The smallest absolute Gasteiger partial charge is 0.251 e. The Morgan fingerprint density at radius 2 is 1.55 bits per heavy atom. The van der Waals surface area contributed by atoms with E-state index in [1.54, 1.807) is 20.8 Å². The van der Waals surface area contributed by atoms with Gasteiger partial charge >= 0.3 is 0 Å². The molecule has 0 N–H and O–H groups in total. The highest BCUT2D eigenvalue weighted by Crippen LogP contribution is 2.33. The van der Waals surface area contributed by atoms with Gasteiger partial charge in [0.25, 0.3) is 5.92 Å². The van der Waals surface area contributed by atoms with Crippen molar-refractivity contribution in [2.24, 2.45) is 5.41 Å². The van der Waals surface area contributed by atoms with E-state index >= 15 is 0 Å². The molecule has 3 heteroatoms. The first kappa shape index (κ1) is 10.8. The lowest BCUT2D eigenvalue weighted by atomic mass is 9.88. The van der Waals surface area contributed by atoms with Gasteiger partial charge in [-0.3, -0.25) is 4.39 Å². The van der Waals surface area contributed by atoms with Gasteiger partial charge in [-0.2, -0.15) is 0 Å². The van der Waals surface area contributed by atoms with Crippen molar-refractivity contribution in [2.75, 3.05) is 6.67 Å². The molecule has 0 aliphatic rings. The molecule has 68 valence electrons. The van der Waals surface area contributed by atoms with Crippen LogP contribution in [-0.2, 0) is 0 Å². The molecule has 0 aliphatic carbocycles. The van der Waals surface area contributed by atoms with E-state index in [1.807, 2.05) is 0 Å². The highest BCUT2D eigenvalue weighted by Gasteiger charge is 2.33. The first-order chi connectivity index (χ1) is 4.77. The molecule has 0 radical (unpaired) electrons. The van der Waals surface area contributed by atoms with Crippen LogP contribution in [0.4, 0.5) is 13.2 Å². The van der Waals surface area contributed by atoms with Crippen molar-refractivity contribution in [3.8, 4) is 0 Å². The lowest BCUT2D eigenvalue weighted by Crippen LogP contribution is -2.24. The number of hydrogen-bond acceptors (Lipinski definition) is 0. The van der Waals surface area contributed by atoms with Crippen molar-refractivity contribution in [1.82, 2.24) is 0 Å². The third-order valence-electron chi connectivity index (χ3n) is 1.25. The Bertz CT molecular complexity index is 113. The summed E-state index contributed by atoms with van der Waals surface area (Å²) in [6.07, 6.45) is -0.895. The van der Waals surface area contributed by atoms with Gasteiger partial charge in [0.2, 0.25) is 0 Å². The van der Waals surface area contributed by atoms with E-state index in [0.29, 0.717) is 0 Å². The van der Waals surface area contributed by atoms with E-state index in [1.165, 1.54) is 0 Å². The van der Waals surface area contributed by atoms with Crippen LogP contribution in [0.3, 0.4) is 0 Å². The van der Waals surface area contributed by atoms with Gasteiger partial charge in [-0.1, -0.05) is 20.8 Å². The van der Waals surface area contributed by atoms with Crippen LogP contribution in [0.15, 0.2) is 0 Å². The minimum absolute atomic E-state index is 0.246. The quantitative estimate of drug-likeness (QED) is 0.605. The Morgan fingerprint density at radius 1 is 1.09 bits per heavy atom. The monoisotopic (exact) mass is 168 g/mol. The molecule has 0 amide bonds. The van der Waals surface area contributed by atoms with Gasteiger partial charge in [0, 0.05) is 12.8 Å². The second-order valence-corrected chi connectivity index (χ2v) is 4.03. The molecule has 0 aromatic heterocycles. The van der Waals surface area contributed by atoms with Crippen molar-refractivity contribution in [3.05, 3.63) is 0 Å². The SMILES string of the molecule is CC(C)(C)CC(F)(F)CCF. The molecule has 0 aromatic rings. The first-order valence-corrected chi connectivity index (χ1v) is 3.71. The Morgan fingerprint density at radius 3 is 1.82 bits per heavy atom. The molecule has 0 heterocycles. The standard InChI is InChI=1S/C8H15F3/c1-7(2,3)6-8(10,11)4-5-9/h4-6H2,1-3H3. The summed E-state index contributed by atoms with van der Waals surface area (Å²) < 4.78 is 36.9. The molecular formula is C8H15F3. The summed E-state index contributed by atoms with van der Waals surface area (Å²) in [5, 5.41) is 0. The zero-order valence-electron chi connectivity index (χ0n) is 7.26. The fraction of sp³-hybridized carbons (Fsp3) is 1.00. The predicted octanol–water partition coefficient (Wildman–Crippen LogP) is 3.42. The topological polar surface area (TPSA) is 0 Å². The largest absolute Gasteiger partial charge is 0.251 e. The summed E-state index contributed by atoms with van der Waals surface area (Å²) in [7, 11) is 0. The van der Waals surface area contributed by atoms with Crippen molar-refractivity contribution in [3.63, 3.8) is 0 Å². The lowest BCUT2D eigenvalue weighted by molar-refractivity contribution is -0.0469. The fourth-order valence-corrected chi connectivity index (χ4v) is 1.00. The van der Waals surface area contributed by atoms with E-state index in [9.17, 15) is 13.2 Å². The Kier molecular flexibility index (Phi) is 3.39. The number of hydrogen-bond donors (Lipinski definition) is 0. The molecule has 0 nitrogen and oxygen atoms in total. The molecule has 0 aromatic carbocycles. The normalized spacial score (nSPS) is 13.6. The van der Waals surface area contributed by atoms with Crippen LogP contribution >= 0.6 is 0 Å². The maximum atomic E-state index is 12.7. The second-order valence-electron chi connectivity index (χ2n) is 4.03. The van der Waals surface area contributed by atoms with Crippen LogP contribution in [0.2, 0.25) is 0 Å². The molecule has 0 spiro atoms. The molecule has 0 aliphatic heterocycles.